The predicted molar refractivity (Wildman–Crippen MR) is 94.4 cm³/mol. The molecule has 0 fully saturated rings. The summed E-state index contributed by atoms with van der Waals surface area (Å²) in [4.78, 5) is 27.9. The van der Waals surface area contributed by atoms with E-state index in [0.717, 1.165) is 23.8 Å². The van der Waals surface area contributed by atoms with Crippen molar-refractivity contribution in [1.29, 1.82) is 0 Å². The molecule has 0 radical (unpaired) electrons. The fourth-order valence-corrected chi connectivity index (χ4v) is 2.50. The summed E-state index contributed by atoms with van der Waals surface area (Å²) >= 11 is 0. The number of amides is 1. The molecule has 0 aliphatic rings. The van der Waals surface area contributed by atoms with Crippen LogP contribution in [0.1, 0.15) is 18.4 Å². The van der Waals surface area contributed by atoms with E-state index >= 15 is 0 Å². The van der Waals surface area contributed by atoms with Gasteiger partial charge in [0.05, 0.1) is 6.20 Å². The quantitative estimate of drug-likeness (QED) is 0.701. The molecule has 0 aliphatic heterocycles. The molecule has 0 spiro atoms. The molecule has 128 valence electrons. The molecular formula is C19H19N3O3. The Kier molecular flexibility index (Phi) is 5.41. The Labute approximate surface area is 145 Å². The van der Waals surface area contributed by atoms with E-state index in [9.17, 15) is 9.59 Å². The highest BCUT2D eigenvalue weighted by Gasteiger charge is 2.13. The smallest absolute Gasteiger partial charge is 0.407 e. The van der Waals surface area contributed by atoms with Gasteiger partial charge in [0, 0.05) is 24.5 Å². The largest absolute Gasteiger partial charge is 0.427 e. The van der Waals surface area contributed by atoms with Crippen molar-refractivity contribution in [3.8, 4) is 11.3 Å². The summed E-state index contributed by atoms with van der Waals surface area (Å²) in [5.41, 5.74) is 1.93. The van der Waals surface area contributed by atoms with Gasteiger partial charge in [-0.25, -0.2) is 9.59 Å². The van der Waals surface area contributed by atoms with Crippen LogP contribution in [-0.4, -0.2) is 22.1 Å². The molecule has 0 unspecified atom stereocenters. The molecular weight excluding hydrogens is 318 g/mol. The number of oxazole rings is 1. The zero-order valence-electron chi connectivity index (χ0n) is 13.7. The molecule has 1 N–H and O–H groups in total. The first kappa shape index (κ1) is 16.7. The number of nitrogens with zero attached hydrogens (tertiary/aromatic N) is 2. The third-order valence-electron chi connectivity index (χ3n) is 3.82. The Bertz CT molecular complexity index is 870. The first-order chi connectivity index (χ1) is 12.2. The predicted octanol–water partition coefficient (Wildman–Crippen LogP) is 3.08. The van der Waals surface area contributed by atoms with Crippen LogP contribution in [0.4, 0.5) is 4.79 Å². The van der Waals surface area contributed by atoms with Gasteiger partial charge in [-0.2, -0.15) is 4.57 Å². The fraction of sp³-hybridized carbons (Fsp3) is 0.211. The summed E-state index contributed by atoms with van der Waals surface area (Å²) < 4.78 is 6.06. The van der Waals surface area contributed by atoms with Crippen LogP contribution in [0.2, 0.25) is 0 Å². The number of benzene rings is 1. The van der Waals surface area contributed by atoms with Crippen LogP contribution in [0.3, 0.4) is 0 Å². The second-order valence-electron chi connectivity index (χ2n) is 5.65. The lowest BCUT2D eigenvalue weighted by Crippen LogP contribution is -2.34. The molecule has 1 aromatic carbocycles. The number of nitrogens with one attached hydrogen (secondary N) is 1. The molecule has 3 rings (SSSR count). The Balaban J connectivity index is 1.50. The lowest BCUT2D eigenvalue weighted by Gasteiger charge is -2.04. The zero-order valence-corrected chi connectivity index (χ0v) is 13.7. The van der Waals surface area contributed by atoms with Crippen molar-refractivity contribution in [3.63, 3.8) is 0 Å². The minimum absolute atomic E-state index is 0.317. The highest BCUT2D eigenvalue weighted by atomic mass is 16.4. The van der Waals surface area contributed by atoms with Gasteiger partial charge >= 0.3 is 11.8 Å². The summed E-state index contributed by atoms with van der Waals surface area (Å²) in [6.07, 6.45) is 7.35. The van der Waals surface area contributed by atoms with Gasteiger partial charge in [-0.3, -0.25) is 4.98 Å². The van der Waals surface area contributed by atoms with E-state index in [0.29, 0.717) is 17.9 Å². The van der Waals surface area contributed by atoms with Crippen molar-refractivity contribution in [2.75, 3.05) is 6.54 Å². The SMILES string of the molecule is O=C(NCCCCc1ccccc1)n1cc(-c2cccnc2)oc1=O. The number of hydrogen-bond acceptors (Lipinski definition) is 4. The van der Waals surface area contributed by atoms with Crippen molar-refractivity contribution in [3.05, 3.63) is 77.2 Å². The van der Waals surface area contributed by atoms with Crippen LogP contribution in [0.5, 0.6) is 0 Å². The Morgan fingerprint density at radius 3 is 2.72 bits per heavy atom. The number of carbonyl (C=O) groups excluding carboxylic acids is 1. The van der Waals surface area contributed by atoms with Gasteiger partial charge in [-0.15, -0.1) is 0 Å². The number of carbonyl (C=O) groups is 1. The maximum Gasteiger partial charge on any atom is 0.427 e. The number of rotatable bonds is 6. The van der Waals surface area contributed by atoms with Crippen LogP contribution < -0.4 is 11.1 Å². The van der Waals surface area contributed by atoms with E-state index in [1.165, 1.54) is 11.8 Å². The first-order valence-corrected chi connectivity index (χ1v) is 8.19. The molecule has 0 saturated carbocycles. The monoisotopic (exact) mass is 337 g/mol. The average Bonchev–Trinajstić information content (AvgIpc) is 3.05. The van der Waals surface area contributed by atoms with Gasteiger partial charge in [0.1, 0.15) is 0 Å². The van der Waals surface area contributed by atoms with Gasteiger partial charge in [-0.1, -0.05) is 30.3 Å². The van der Waals surface area contributed by atoms with Crippen molar-refractivity contribution in [1.82, 2.24) is 14.9 Å². The topological polar surface area (TPSA) is 77.1 Å². The van der Waals surface area contributed by atoms with E-state index in [-0.39, 0.29) is 0 Å². The van der Waals surface area contributed by atoms with E-state index in [1.807, 2.05) is 18.2 Å². The minimum Gasteiger partial charge on any atom is -0.407 e. The van der Waals surface area contributed by atoms with Crippen LogP contribution in [0.25, 0.3) is 11.3 Å². The van der Waals surface area contributed by atoms with E-state index in [4.69, 9.17) is 4.42 Å². The van der Waals surface area contributed by atoms with Crippen LogP contribution in [-0.2, 0) is 6.42 Å². The molecule has 0 saturated heterocycles. The van der Waals surface area contributed by atoms with E-state index in [2.05, 4.69) is 22.4 Å². The number of aromatic nitrogens is 2. The van der Waals surface area contributed by atoms with E-state index < -0.39 is 11.8 Å². The summed E-state index contributed by atoms with van der Waals surface area (Å²) in [5, 5.41) is 2.74. The van der Waals surface area contributed by atoms with Gasteiger partial charge in [0.2, 0.25) is 0 Å². The van der Waals surface area contributed by atoms with Crippen LogP contribution in [0, 0.1) is 0 Å². The molecule has 6 heteroatoms. The molecule has 6 nitrogen and oxygen atoms in total. The Hall–Kier alpha value is -3.15. The van der Waals surface area contributed by atoms with Crippen molar-refractivity contribution >= 4 is 6.03 Å². The Morgan fingerprint density at radius 1 is 1.12 bits per heavy atom. The maximum absolute atomic E-state index is 12.1. The average molecular weight is 337 g/mol. The third-order valence-corrected chi connectivity index (χ3v) is 3.82. The van der Waals surface area contributed by atoms with Gasteiger partial charge in [0.15, 0.2) is 5.76 Å². The highest BCUT2D eigenvalue weighted by molar-refractivity contribution is 5.77. The normalized spacial score (nSPS) is 10.6. The molecule has 25 heavy (non-hydrogen) atoms. The van der Waals surface area contributed by atoms with Gasteiger partial charge < -0.3 is 9.73 Å². The second kappa shape index (κ2) is 8.10. The van der Waals surface area contributed by atoms with Crippen molar-refractivity contribution in [2.24, 2.45) is 0 Å². The summed E-state index contributed by atoms with van der Waals surface area (Å²) in [5.74, 6) is -0.391. The molecule has 1 amide bonds. The molecule has 0 bridgehead atoms. The number of unbranched alkanes of at least 4 members (excludes halogenated alkanes) is 1. The van der Waals surface area contributed by atoms with Gasteiger partial charge in [-0.05, 0) is 37.0 Å². The Morgan fingerprint density at radius 2 is 1.96 bits per heavy atom. The number of pyridine rings is 1. The molecule has 0 aliphatic carbocycles. The molecule has 0 atom stereocenters. The first-order valence-electron chi connectivity index (χ1n) is 8.19. The fourth-order valence-electron chi connectivity index (χ4n) is 2.50. The minimum atomic E-state index is -0.708. The van der Waals surface area contributed by atoms with Crippen molar-refractivity contribution < 1.29 is 9.21 Å². The summed E-state index contributed by atoms with van der Waals surface area (Å²) in [7, 11) is 0. The lowest BCUT2D eigenvalue weighted by molar-refractivity contribution is 0.240. The molecule has 2 heterocycles. The number of aryl methyl sites for hydroxylation is 1. The summed E-state index contributed by atoms with van der Waals surface area (Å²) in [6.45, 7) is 0.505. The second-order valence-corrected chi connectivity index (χ2v) is 5.65. The van der Waals surface area contributed by atoms with E-state index in [1.54, 1.807) is 24.5 Å². The van der Waals surface area contributed by atoms with Gasteiger partial charge in [0.25, 0.3) is 0 Å². The highest BCUT2D eigenvalue weighted by Crippen LogP contribution is 2.15. The lowest BCUT2D eigenvalue weighted by atomic mass is 10.1. The number of hydrogen-bond donors (Lipinski definition) is 1. The van der Waals surface area contributed by atoms with Crippen molar-refractivity contribution in [2.45, 2.75) is 19.3 Å². The maximum atomic E-state index is 12.1. The van der Waals surface area contributed by atoms with Crippen LogP contribution in [0.15, 0.2) is 70.3 Å². The molecule has 2 aromatic heterocycles. The summed E-state index contributed by atoms with van der Waals surface area (Å²) in [6, 6.07) is 13.2. The third kappa shape index (κ3) is 4.44. The van der Waals surface area contributed by atoms with Crippen LogP contribution >= 0.6 is 0 Å². The standard InChI is InChI=1S/C19H19N3O3/c23-18(21-12-5-4-9-15-7-2-1-3-8-15)22-14-17(25-19(22)24)16-10-6-11-20-13-16/h1-3,6-8,10-11,13-14H,4-5,9,12H2,(H,21,23). The molecule has 3 aromatic rings. The zero-order chi connectivity index (χ0) is 17.5.